The maximum absolute atomic E-state index is 6.17. The van der Waals surface area contributed by atoms with Gasteiger partial charge in [-0.05, 0) is 81.4 Å². The van der Waals surface area contributed by atoms with E-state index in [4.69, 9.17) is 4.74 Å². The van der Waals surface area contributed by atoms with Gasteiger partial charge in [-0.25, -0.2) is 0 Å². The van der Waals surface area contributed by atoms with Crippen LogP contribution in [0.15, 0.2) is 115 Å². The third kappa shape index (κ3) is 3.10. The Balaban J connectivity index is 1.36. The Morgan fingerprint density at radius 2 is 1.38 bits per heavy atom. The number of fused-ring (bicyclic) bond motifs is 5. The molecule has 3 atom stereocenters. The van der Waals surface area contributed by atoms with Gasteiger partial charge in [-0.15, -0.1) is 0 Å². The molecule has 5 aromatic rings. The van der Waals surface area contributed by atoms with Gasteiger partial charge in [0.15, 0.2) is 0 Å². The monoisotopic (exact) mass is 439 g/mol. The molecule has 2 aliphatic rings. The lowest BCUT2D eigenvalue weighted by Gasteiger charge is -2.38. The molecule has 5 aromatic carbocycles. The van der Waals surface area contributed by atoms with Gasteiger partial charge < -0.3 is 10.1 Å². The van der Waals surface area contributed by atoms with Crippen molar-refractivity contribution in [2.75, 3.05) is 5.32 Å². The van der Waals surface area contributed by atoms with Crippen molar-refractivity contribution >= 4 is 27.2 Å². The van der Waals surface area contributed by atoms with Gasteiger partial charge in [-0.2, -0.15) is 0 Å². The average Bonchev–Trinajstić information content (AvgIpc) is 3.38. The van der Waals surface area contributed by atoms with E-state index >= 15 is 0 Å². The molecule has 0 aromatic heterocycles. The maximum Gasteiger partial charge on any atom is 0.127 e. The lowest BCUT2D eigenvalue weighted by Crippen LogP contribution is -2.29. The van der Waals surface area contributed by atoms with Crippen molar-refractivity contribution in [1.82, 2.24) is 0 Å². The second-order valence-corrected chi connectivity index (χ2v) is 9.37. The molecule has 1 aliphatic carbocycles. The maximum atomic E-state index is 6.17. The number of anilines is 1. The molecule has 2 heteroatoms. The fourth-order valence-corrected chi connectivity index (χ4v) is 5.93. The minimum atomic E-state index is 0.240. The minimum absolute atomic E-state index is 0.240. The van der Waals surface area contributed by atoms with Crippen molar-refractivity contribution in [2.24, 2.45) is 5.92 Å². The van der Waals surface area contributed by atoms with Crippen LogP contribution in [0, 0.1) is 5.92 Å². The molecule has 0 spiro atoms. The predicted octanol–water partition coefficient (Wildman–Crippen LogP) is 8.61. The summed E-state index contributed by atoms with van der Waals surface area (Å²) in [5.41, 5.74) is 3.95. The fraction of sp³-hybridized carbons (Fsp3) is 0.125. The molecule has 34 heavy (non-hydrogen) atoms. The quantitative estimate of drug-likeness (QED) is 0.224. The van der Waals surface area contributed by atoms with Gasteiger partial charge in [0.25, 0.3) is 0 Å². The summed E-state index contributed by atoms with van der Waals surface area (Å²) in [5, 5.41) is 9.26. The molecule has 0 fully saturated rings. The summed E-state index contributed by atoms with van der Waals surface area (Å²) in [4.78, 5) is 0. The van der Waals surface area contributed by atoms with Crippen LogP contribution < -0.4 is 10.1 Å². The number of nitrogens with one attached hydrogen (secondary N) is 1. The number of para-hydroxylation sites is 1. The van der Waals surface area contributed by atoms with Crippen LogP contribution in [0.3, 0.4) is 0 Å². The molecule has 0 saturated carbocycles. The second kappa shape index (κ2) is 7.78. The van der Waals surface area contributed by atoms with Crippen molar-refractivity contribution in [1.29, 1.82) is 0 Å². The van der Waals surface area contributed by atoms with E-state index in [-0.39, 0.29) is 6.04 Å². The molecular formula is C32H25NO. The van der Waals surface area contributed by atoms with Crippen LogP contribution in [0.4, 0.5) is 5.69 Å². The molecule has 1 heterocycles. The first-order chi connectivity index (χ1) is 16.8. The van der Waals surface area contributed by atoms with Crippen LogP contribution in [0.25, 0.3) is 21.5 Å². The highest BCUT2D eigenvalue weighted by Crippen LogP contribution is 2.52. The van der Waals surface area contributed by atoms with Crippen LogP contribution in [-0.4, -0.2) is 0 Å². The van der Waals surface area contributed by atoms with Crippen molar-refractivity contribution in [3.63, 3.8) is 0 Å². The first-order valence-corrected chi connectivity index (χ1v) is 12.1. The van der Waals surface area contributed by atoms with Gasteiger partial charge in [0, 0.05) is 11.6 Å². The van der Waals surface area contributed by atoms with E-state index < -0.39 is 0 Å². The van der Waals surface area contributed by atoms with Crippen molar-refractivity contribution in [2.45, 2.75) is 18.4 Å². The van der Waals surface area contributed by atoms with Crippen molar-refractivity contribution in [3.05, 3.63) is 126 Å². The molecular weight excluding hydrogens is 414 g/mol. The summed E-state index contributed by atoms with van der Waals surface area (Å²) in [5.74, 6) is 2.59. The minimum Gasteiger partial charge on any atom is -0.457 e. The third-order valence-corrected chi connectivity index (χ3v) is 7.44. The zero-order valence-corrected chi connectivity index (χ0v) is 18.8. The molecule has 0 unspecified atom stereocenters. The van der Waals surface area contributed by atoms with E-state index in [9.17, 15) is 0 Å². The Kier molecular flexibility index (Phi) is 4.44. The molecule has 0 saturated heterocycles. The zero-order valence-electron chi connectivity index (χ0n) is 18.8. The number of hydrogen-bond donors (Lipinski definition) is 1. The van der Waals surface area contributed by atoms with E-state index in [0.29, 0.717) is 11.8 Å². The second-order valence-electron chi connectivity index (χ2n) is 9.37. The van der Waals surface area contributed by atoms with Crippen LogP contribution in [-0.2, 0) is 0 Å². The molecule has 164 valence electrons. The summed E-state index contributed by atoms with van der Waals surface area (Å²) in [6.45, 7) is 0. The standard InChI is InChI=1S/C32H25NO/c1-2-11-23(12-3-1)34-24-17-18-30-29(20-24)27-15-8-16-28(27)32(33-30)31-25-13-6-4-9-21(25)19-22-10-5-7-14-26(22)31/h1-15,17-20,27-28,32-33H,16H2/t27-,28+,32-/m1/s1. The Morgan fingerprint density at radius 1 is 0.676 bits per heavy atom. The van der Waals surface area contributed by atoms with Gasteiger partial charge in [-0.3, -0.25) is 0 Å². The fourth-order valence-electron chi connectivity index (χ4n) is 5.93. The smallest absolute Gasteiger partial charge is 0.127 e. The number of hydrogen-bond acceptors (Lipinski definition) is 2. The topological polar surface area (TPSA) is 21.3 Å². The average molecular weight is 440 g/mol. The van der Waals surface area contributed by atoms with Crippen molar-refractivity contribution < 1.29 is 4.74 Å². The Hall–Kier alpha value is -4.04. The molecule has 0 amide bonds. The normalized spacial score (nSPS) is 20.6. The first-order valence-electron chi connectivity index (χ1n) is 12.1. The number of rotatable bonds is 3. The highest BCUT2D eigenvalue weighted by molar-refractivity contribution is 6.03. The lowest BCUT2D eigenvalue weighted by atomic mass is 9.75. The van der Waals surface area contributed by atoms with Gasteiger partial charge in [0.05, 0.1) is 6.04 Å². The van der Waals surface area contributed by atoms with E-state index in [1.54, 1.807) is 0 Å². The van der Waals surface area contributed by atoms with Gasteiger partial charge in [0.2, 0.25) is 0 Å². The number of allylic oxidation sites excluding steroid dienone is 2. The summed E-state index contributed by atoms with van der Waals surface area (Å²) in [6.07, 6.45) is 5.83. The Labute approximate surface area is 199 Å². The van der Waals surface area contributed by atoms with E-state index in [1.165, 1.54) is 38.4 Å². The molecule has 7 rings (SSSR count). The largest absolute Gasteiger partial charge is 0.457 e. The van der Waals surface area contributed by atoms with Gasteiger partial charge in [0.1, 0.15) is 11.5 Å². The Bertz CT molecular complexity index is 1500. The van der Waals surface area contributed by atoms with Crippen LogP contribution in [0.2, 0.25) is 0 Å². The zero-order chi connectivity index (χ0) is 22.5. The first kappa shape index (κ1) is 19.4. The molecule has 2 nitrogen and oxygen atoms in total. The van der Waals surface area contributed by atoms with E-state index in [2.05, 4.69) is 90.3 Å². The lowest BCUT2D eigenvalue weighted by molar-refractivity contribution is 0.426. The van der Waals surface area contributed by atoms with Gasteiger partial charge >= 0.3 is 0 Å². The van der Waals surface area contributed by atoms with Gasteiger partial charge in [-0.1, -0.05) is 78.9 Å². The summed E-state index contributed by atoms with van der Waals surface area (Å²) >= 11 is 0. The SMILES string of the molecule is C1=C[C@H]2c3cc(Oc4ccccc4)ccc3N[C@@H](c3c4ccccc4cc4ccccc34)[C@H]2C1. The van der Waals surface area contributed by atoms with E-state index in [1.807, 2.05) is 30.3 Å². The van der Waals surface area contributed by atoms with Crippen LogP contribution in [0.5, 0.6) is 11.5 Å². The summed E-state index contributed by atoms with van der Waals surface area (Å²) < 4.78 is 6.17. The summed E-state index contributed by atoms with van der Waals surface area (Å²) in [6, 6.07) is 36.7. The Morgan fingerprint density at radius 3 is 2.15 bits per heavy atom. The third-order valence-electron chi connectivity index (χ3n) is 7.44. The molecule has 1 aliphatic heterocycles. The molecule has 1 N–H and O–H groups in total. The van der Waals surface area contributed by atoms with Crippen LogP contribution in [0.1, 0.15) is 29.5 Å². The molecule has 0 radical (unpaired) electrons. The summed E-state index contributed by atoms with van der Waals surface area (Å²) in [7, 11) is 0. The number of ether oxygens (including phenoxy) is 1. The highest BCUT2D eigenvalue weighted by atomic mass is 16.5. The number of benzene rings is 5. The van der Waals surface area contributed by atoms with E-state index in [0.717, 1.165) is 17.9 Å². The molecule has 0 bridgehead atoms. The highest BCUT2D eigenvalue weighted by Gasteiger charge is 2.39. The predicted molar refractivity (Wildman–Crippen MR) is 141 cm³/mol. The van der Waals surface area contributed by atoms with Crippen LogP contribution >= 0.6 is 0 Å². The van der Waals surface area contributed by atoms with Crippen molar-refractivity contribution in [3.8, 4) is 11.5 Å².